The fourth-order valence-electron chi connectivity index (χ4n) is 3.10. The first-order valence-electron chi connectivity index (χ1n) is 9.00. The van der Waals surface area contributed by atoms with Crippen LogP contribution >= 0.6 is 0 Å². The second-order valence-electron chi connectivity index (χ2n) is 6.63. The summed E-state index contributed by atoms with van der Waals surface area (Å²) in [4.78, 5) is 37.4. The number of amides is 1. The van der Waals surface area contributed by atoms with E-state index in [1.165, 1.54) is 48.4 Å². The highest BCUT2D eigenvalue weighted by Gasteiger charge is 2.30. The second-order valence-corrected chi connectivity index (χ2v) is 6.63. The Morgan fingerprint density at radius 2 is 1.87 bits per heavy atom. The van der Waals surface area contributed by atoms with E-state index in [2.05, 4.69) is 20.3 Å². The van der Waals surface area contributed by atoms with Gasteiger partial charge in [0, 0.05) is 18.8 Å². The summed E-state index contributed by atoms with van der Waals surface area (Å²) in [6.07, 6.45) is -1.91. The Kier molecular flexibility index (Phi) is 4.97. The number of alkyl halides is 3. The van der Waals surface area contributed by atoms with E-state index in [-0.39, 0.29) is 33.7 Å². The molecule has 0 aliphatic carbocycles. The minimum Gasteiger partial charge on any atom is -0.319 e. The highest BCUT2D eigenvalue weighted by atomic mass is 19.4. The SMILES string of the molecule is Cn1c(-c2cccc(C(F)(F)F)c2)nc2c(NC(=O)c3ccncn3)cccc2c1=O. The average molecular weight is 425 g/mol. The molecule has 2 aromatic heterocycles. The van der Waals surface area contributed by atoms with Crippen LogP contribution in [0, 0.1) is 0 Å². The summed E-state index contributed by atoms with van der Waals surface area (Å²) in [5.41, 5.74) is -0.713. The highest BCUT2D eigenvalue weighted by Crippen LogP contribution is 2.32. The van der Waals surface area contributed by atoms with Gasteiger partial charge in [-0.05, 0) is 30.3 Å². The lowest BCUT2D eigenvalue weighted by Crippen LogP contribution is -2.21. The molecule has 10 heteroatoms. The zero-order valence-corrected chi connectivity index (χ0v) is 16.0. The van der Waals surface area contributed by atoms with Crippen molar-refractivity contribution in [3.05, 3.63) is 82.7 Å². The molecule has 1 amide bonds. The van der Waals surface area contributed by atoms with Crippen LogP contribution in [0.1, 0.15) is 16.1 Å². The quantitative estimate of drug-likeness (QED) is 0.541. The molecule has 0 unspecified atom stereocenters. The monoisotopic (exact) mass is 425 g/mol. The molecule has 4 rings (SSSR count). The molecule has 156 valence electrons. The third-order valence-electron chi connectivity index (χ3n) is 4.62. The van der Waals surface area contributed by atoms with E-state index in [1.807, 2.05) is 0 Å². The lowest BCUT2D eigenvalue weighted by atomic mass is 10.1. The van der Waals surface area contributed by atoms with E-state index in [4.69, 9.17) is 0 Å². The summed E-state index contributed by atoms with van der Waals surface area (Å²) in [7, 11) is 1.43. The van der Waals surface area contributed by atoms with Crippen LogP contribution in [0.2, 0.25) is 0 Å². The van der Waals surface area contributed by atoms with Crippen LogP contribution < -0.4 is 10.9 Å². The third kappa shape index (κ3) is 3.87. The maximum atomic E-state index is 13.1. The minimum absolute atomic E-state index is 0.0346. The molecule has 0 fully saturated rings. The van der Waals surface area contributed by atoms with Crippen molar-refractivity contribution in [2.45, 2.75) is 6.18 Å². The first kappa shape index (κ1) is 20.2. The fourth-order valence-corrected chi connectivity index (χ4v) is 3.10. The number of nitrogens with zero attached hydrogens (tertiary/aromatic N) is 4. The zero-order valence-electron chi connectivity index (χ0n) is 16.0. The molecule has 4 aromatic rings. The summed E-state index contributed by atoms with van der Waals surface area (Å²) in [5, 5.41) is 2.85. The van der Waals surface area contributed by atoms with Crippen molar-refractivity contribution in [1.29, 1.82) is 0 Å². The van der Waals surface area contributed by atoms with Crippen molar-refractivity contribution in [3.8, 4) is 11.4 Å². The van der Waals surface area contributed by atoms with Crippen LogP contribution in [0.25, 0.3) is 22.3 Å². The van der Waals surface area contributed by atoms with Gasteiger partial charge in [-0.15, -0.1) is 0 Å². The largest absolute Gasteiger partial charge is 0.416 e. The number of benzene rings is 2. The summed E-state index contributed by atoms with van der Waals surface area (Å²) < 4.78 is 40.6. The maximum absolute atomic E-state index is 13.1. The standard InChI is InChI=1S/C21H14F3N5O2/c1-29-18(12-4-2-5-13(10-12)21(22,23)24)28-17-14(20(29)31)6-3-7-15(17)27-19(30)16-8-9-25-11-26-16/h2-11H,1H3,(H,27,30). The molecule has 0 atom stereocenters. The lowest BCUT2D eigenvalue weighted by molar-refractivity contribution is -0.137. The Bertz CT molecular complexity index is 1350. The van der Waals surface area contributed by atoms with Gasteiger partial charge < -0.3 is 5.32 Å². The third-order valence-corrected chi connectivity index (χ3v) is 4.62. The number of para-hydroxylation sites is 1. The smallest absolute Gasteiger partial charge is 0.319 e. The summed E-state index contributed by atoms with van der Waals surface area (Å²) in [5.74, 6) is -0.509. The predicted octanol–water partition coefficient (Wildman–Crippen LogP) is 3.66. The number of carbonyl (C=O) groups is 1. The summed E-state index contributed by atoms with van der Waals surface area (Å²) >= 11 is 0. The number of hydrogen-bond donors (Lipinski definition) is 1. The molecule has 0 saturated carbocycles. The number of nitrogens with one attached hydrogen (secondary N) is 1. The van der Waals surface area contributed by atoms with Crippen molar-refractivity contribution in [2.24, 2.45) is 7.05 Å². The van der Waals surface area contributed by atoms with E-state index < -0.39 is 23.2 Å². The van der Waals surface area contributed by atoms with Crippen LogP contribution in [0.5, 0.6) is 0 Å². The van der Waals surface area contributed by atoms with Crippen LogP contribution in [-0.4, -0.2) is 25.4 Å². The Hall–Kier alpha value is -4.08. The second kappa shape index (κ2) is 7.63. The van der Waals surface area contributed by atoms with Crippen LogP contribution in [0.3, 0.4) is 0 Å². The first-order valence-corrected chi connectivity index (χ1v) is 9.00. The van der Waals surface area contributed by atoms with Crippen molar-refractivity contribution in [2.75, 3.05) is 5.32 Å². The topological polar surface area (TPSA) is 89.8 Å². The molecule has 0 saturated heterocycles. The number of rotatable bonds is 3. The first-order chi connectivity index (χ1) is 14.8. The van der Waals surface area contributed by atoms with Gasteiger partial charge in [0.05, 0.1) is 16.6 Å². The van der Waals surface area contributed by atoms with E-state index in [9.17, 15) is 22.8 Å². The average Bonchev–Trinajstić information content (AvgIpc) is 2.76. The molecule has 0 spiro atoms. The van der Waals surface area contributed by atoms with Crippen molar-refractivity contribution < 1.29 is 18.0 Å². The zero-order chi connectivity index (χ0) is 22.2. The number of hydrogen-bond acceptors (Lipinski definition) is 5. The van der Waals surface area contributed by atoms with Gasteiger partial charge in [0.25, 0.3) is 11.5 Å². The molecule has 1 N–H and O–H groups in total. The molecule has 2 heterocycles. The molecular formula is C21H14F3N5O2. The van der Waals surface area contributed by atoms with E-state index in [1.54, 1.807) is 12.1 Å². The number of anilines is 1. The Morgan fingerprint density at radius 1 is 1.10 bits per heavy atom. The summed E-state index contributed by atoms with van der Waals surface area (Å²) in [6.45, 7) is 0. The Morgan fingerprint density at radius 3 is 2.58 bits per heavy atom. The normalized spacial score (nSPS) is 11.5. The fraction of sp³-hybridized carbons (Fsp3) is 0.0952. The van der Waals surface area contributed by atoms with E-state index in [0.29, 0.717) is 0 Å². The molecule has 0 radical (unpaired) electrons. The number of fused-ring (bicyclic) bond motifs is 1. The minimum atomic E-state index is -4.54. The number of carbonyl (C=O) groups excluding carboxylic acids is 1. The highest BCUT2D eigenvalue weighted by molar-refractivity contribution is 6.07. The molecular weight excluding hydrogens is 411 g/mol. The molecule has 2 aromatic carbocycles. The molecule has 7 nitrogen and oxygen atoms in total. The van der Waals surface area contributed by atoms with Gasteiger partial charge in [0.2, 0.25) is 0 Å². The van der Waals surface area contributed by atoms with Gasteiger partial charge in [-0.25, -0.2) is 15.0 Å². The summed E-state index contributed by atoms with van der Waals surface area (Å²) in [6, 6.07) is 10.6. The molecule has 0 aliphatic rings. The van der Waals surface area contributed by atoms with Crippen molar-refractivity contribution >= 4 is 22.5 Å². The molecule has 31 heavy (non-hydrogen) atoms. The van der Waals surface area contributed by atoms with Crippen LogP contribution in [0.15, 0.2) is 65.8 Å². The van der Waals surface area contributed by atoms with Crippen LogP contribution in [0.4, 0.5) is 18.9 Å². The maximum Gasteiger partial charge on any atom is 0.416 e. The van der Waals surface area contributed by atoms with Gasteiger partial charge in [0.15, 0.2) is 0 Å². The molecule has 0 aliphatic heterocycles. The van der Waals surface area contributed by atoms with Gasteiger partial charge in [-0.2, -0.15) is 13.2 Å². The van der Waals surface area contributed by atoms with Gasteiger partial charge in [0.1, 0.15) is 23.4 Å². The number of halogens is 3. The predicted molar refractivity (Wildman–Crippen MR) is 107 cm³/mol. The van der Waals surface area contributed by atoms with Gasteiger partial charge >= 0.3 is 6.18 Å². The Labute approximate surface area is 173 Å². The van der Waals surface area contributed by atoms with Crippen molar-refractivity contribution in [1.82, 2.24) is 19.5 Å². The molecule has 0 bridgehead atoms. The number of aromatic nitrogens is 4. The lowest BCUT2D eigenvalue weighted by Gasteiger charge is -2.14. The van der Waals surface area contributed by atoms with E-state index >= 15 is 0 Å². The van der Waals surface area contributed by atoms with Crippen LogP contribution in [-0.2, 0) is 13.2 Å². The Balaban J connectivity index is 1.86. The van der Waals surface area contributed by atoms with Gasteiger partial charge in [-0.1, -0.05) is 18.2 Å². The van der Waals surface area contributed by atoms with Crippen molar-refractivity contribution in [3.63, 3.8) is 0 Å². The van der Waals surface area contributed by atoms with Gasteiger partial charge in [-0.3, -0.25) is 14.2 Å². The van der Waals surface area contributed by atoms with E-state index in [0.717, 1.165) is 12.1 Å².